The van der Waals surface area contributed by atoms with E-state index in [0.717, 1.165) is 25.8 Å². The predicted octanol–water partition coefficient (Wildman–Crippen LogP) is 0.0729. The average molecular weight is 266 g/mol. The molecule has 0 aromatic carbocycles. The van der Waals surface area contributed by atoms with Crippen molar-refractivity contribution in [3.8, 4) is 0 Å². The van der Waals surface area contributed by atoms with Crippen LogP contribution in [0, 0.1) is 5.92 Å². The fraction of sp³-hybridized carbons (Fsp3) is 0.769. The monoisotopic (exact) mass is 266 g/mol. The fourth-order valence-corrected chi connectivity index (χ4v) is 3.20. The van der Waals surface area contributed by atoms with Crippen molar-refractivity contribution >= 4 is 17.8 Å². The van der Waals surface area contributed by atoms with Gasteiger partial charge in [0.1, 0.15) is 0 Å². The molecule has 0 bridgehead atoms. The summed E-state index contributed by atoms with van der Waals surface area (Å²) in [6.07, 6.45) is 3.10. The standard InChI is InChI=1S/C13H18N2O4/c16-11-6-10(13(19)15(11)9-1-2-9)14-4-3-8(7-14)5-12(17)18/h8-10H,1-7H2,(H,17,18). The number of likely N-dealkylation sites (tertiary alicyclic amines) is 2. The van der Waals surface area contributed by atoms with Gasteiger partial charge < -0.3 is 5.11 Å². The van der Waals surface area contributed by atoms with Crippen LogP contribution >= 0.6 is 0 Å². The predicted molar refractivity (Wildman–Crippen MR) is 65.2 cm³/mol. The number of carbonyl (C=O) groups is 3. The van der Waals surface area contributed by atoms with Gasteiger partial charge in [-0.2, -0.15) is 0 Å². The SMILES string of the molecule is O=C(O)CC1CCN(C2CC(=O)N(C3CC3)C2=O)C1. The first-order valence-electron chi connectivity index (χ1n) is 6.88. The van der Waals surface area contributed by atoms with E-state index in [1.807, 2.05) is 4.90 Å². The molecule has 6 nitrogen and oxygen atoms in total. The topological polar surface area (TPSA) is 77.9 Å². The molecule has 6 heteroatoms. The van der Waals surface area contributed by atoms with Crippen molar-refractivity contribution in [1.29, 1.82) is 0 Å². The van der Waals surface area contributed by atoms with E-state index < -0.39 is 5.97 Å². The molecule has 1 N–H and O–H groups in total. The number of rotatable bonds is 4. The summed E-state index contributed by atoms with van der Waals surface area (Å²) < 4.78 is 0. The number of imide groups is 1. The first-order chi connectivity index (χ1) is 9.06. The minimum absolute atomic E-state index is 0.0563. The van der Waals surface area contributed by atoms with E-state index in [1.54, 1.807) is 0 Å². The van der Waals surface area contributed by atoms with Gasteiger partial charge >= 0.3 is 5.97 Å². The van der Waals surface area contributed by atoms with Crippen LogP contribution in [0.25, 0.3) is 0 Å². The third-order valence-corrected chi connectivity index (χ3v) is 4.29. The van der Waals surface area contributed by atoms with Crippen molar-refractivity contribution in [2.45, 2.75) is 44.2 Å². The van der Waals surface area contributed by atoms with Gasteiger partial charge in [0, 0.05) is 19.0 Å². The second-order valence-corrected chi connectivity index (χ2v) is 5.80. The van der Waals surface area contributed by atoms with Crippen molar-refractivity contribution in [2.75, 3.05) is 13.1 Å². The number of nitrogens with zero attached hydrogens (tertiary/aromatic N) is 2. The average Bonchev–Trinajstić information content (AvgIpc) is 2.98. The van der Waals surface area contributed by atoms with E-state index >= 15 is 0 Å². The lowest BCUT2D eigenvalue weighted by atomic mass is 10.1. The Morgan fingerprint density at radius 3 is 2.63 bits per heavy atom. The molecular weight excluding hydrogens is 248 g/mol. The van der Waals surface area contributed by atoms with Crippen molar-refractivity contribution < 1.29 is 19.5 Å². The zero-order chi connectivity index (χ0) is 13.6. The summed E-state index contributed by atoms with van der Waals surface area (Å²) >= 11 is 0. The van der Waals surface area contributed by atoms with E-state index in [1.165, 1.54) is 4.90 Å². The highest BCUT2D eigenvalue weighted by Gasteiger charge is 2.48. The molecule has 2 unspecified atom stereocenters. The molecule has 3 aliphatic rings. The lowest BCUT2D eigenvalue weighted by molar-refractivity contribution is -0.140. The van der Waals surface area contributed by atoms with Crippen LogP contribution in [-0.4, -0.2) is 57.9 Å². The number of aliphatic carboxylic acids is 1. The second-order valence-electron chi connectivity index (χ2n) is 5.80. The van der Waals surface area contributed by atoms with Gasteiger partial charge in [0.05, 0.1) is 12.5 Å². The van der Waals surface area contributed by atoms with Crippen LogP contribution in [0.3, 0.4) is 0 Å². The Hall–Kier alpha value is -1.43. The molecule has 19 heavy (non-hydrogen) atoms. The number of hydrogen-bond donors (Lipinski definition) is 1. The van der Waals surface area contributed by atoms with Crippen LogP contribution in [-0.2, 0) is 14.4 Å². The Kier molecular flexibility index (Phi) is 3.05. The van der Waals surface area contributed by atoms with Crippen LogP contribution in [0.15, 0.2) is 0 Å². The van der Waals surface area contributed by atoms with Crippen molar-refractivity contribution in [1.82, 2.24) is 9.80 Å². The number of carboxylic acid groups (broad SMARTS) is 1. The van der Waals surface area contributed by atoms with Crippen LogP contribution in [0.2, 0.25) is 0 Å². The lowest BCUT2D eigenvalue weighted by Gasteiger charge is -2.22. The minimum Gasteiger partial charge on any atom is -0.481 e. The summed E-state index contributed by atoms with van der Waals surface area (Å²) in [5.74, 6) is -0.807. The Balaban J connectivity index is 1.62. The summed E-state index contributed by atoms with van der Waals surface area (Å²) in [6, 6.07) is -0.200. The van der Waals surface area contributed by atoms with Gasteiger partial charge in [0.25, 0.3) is 0 Å². The molecule has 2 saturated heterocycles. The highest BCUT2D eigenvalue weighted by atomic mass is 16.4. The largest absolute Gasteiger partial charge is 0.481 e. The summed E-state index contributed by atoms with van der Waals surface area (Å²) in [4.78, 5) is 38.3. The van der Waals surface area contributed by atoms with Gasteiger partial charge in [0.2, 0.25) is 11.8 Å². The zero-order valence-corrected chi connectivity index (χ0v) is 10.7. The van der Waals surface area contributed by atoms with E-state index in [4.69, 9.17) is 5.11 Å². The third kappa shape index (κ3) is 2.36. The van der Waals surface area contributed by atoms with Gasteiger partial charge in [-0.25, -0.2) is 0 Å². The second kappa shape index (κ2) is 4.59. The van der Waals surface area contributed by atoms with Crippen LogP contribution < -0.4 is 0 Å². The Labute approximate surface area is 111 Å². The molecule has 0 aromatic rings. The lowest BCUT2D eigenvalue weighted by Crippen LogP contribution is -2.41. The maximum Gasteiger partial charge on any atom is 0.303 e. The first kappa shape index (κ1) is 12.6. The van der Waals surface area contributed by atoms with Crippen molar-refractivity contribution in [2.24, 2.45) is 5.92 Å². The normalized spacial score (nSPS) is 32.3. The molecule has 3 rings (SSSR count). The molecule has 0 radical (unpaired) electrons. The highest BCUT2D eigenvalue weighted by Crippen LogP contribution is 2.34. The maximum absolute atomic E-state index is 12.3. The van der Waals surface area contributed by atoms with Gasteiger partial charge in [-0.1, -0.05) is 0 Å². The fourth-order valence-electron chi connectivity index (χ4n) is 3.20. The minimum atomic E-state index is -0.791. The number of carbonyl (C=O) groups excluding carboxylic acids is 2. The van der Waals surface area contributed by atoms with E-state index in [0.29, 0.717) is 6.54 Å². The molecule has 2 amide bonds. The number of amides is 2. The molecule has 1 saturated carbocycles. The molecule has 3 fully saturated rings. The molecule has 2 atom stereocenters. The van der Waals surface area contributed by atoms with Crippen molar-refractivity contribution in [3.63, 3.8) is 0 Å². The molecule has 2 aliphatic heterocycles. The molecule has 1 aliphatic carbocycles. The summed E-state index contributed by atoms with van der Waals surface area (Å²) in [5, 5.41) is 8.79. The van der Waals surface area contributed by atoms with Gasteiger partial charge in [-0.3, -0.25) is 24.2 Å². The third-order valence-electron chi connectivity index (χ3n) is 4.29. The molecule has 0 spiro atoms. The van der Waals surface area contributed by atoms with Gasteiger partial charge in [0.15, 0.2) is 0 Å². The van der Waals surface area contributed by atoms with Crippen LogP contribution in [0.1, 0.15) is 32.1 Å². The number of carboxylic acids is 1. The molecule has 0 aromatic heterocycles. The van der Waals surface area contributed by atoms with Gasteiger partial charge in [-0.05, 0) is 31.7 Å². The zero-order valence-electron chi connectivity index (χ0n) is 10.7. The summed E-state index contributed by atoms with van der Waals surface area (Å²) in [6.45, 7) is 1.34. The first-order valence-corrected chi connectivity index (χ1v) is 6.88. The Morgan fingerprint density at radius 1 is 1.26 bits per heavy atom. The molecule has 2 heterocycles. The van der Waals surface area contributed by atoms with E-state index in [9.17, 15) is 14.4 Å². The van der Waals surface area contributed by atoms with Crippen LogP contribution in [0.4, 0.5) is 0 Å². The molecular formula is C13H18N2O4. The van der Waals surface area contributed by atoms with Crippen LogP contribution in [0.5, 0.6) is 0 Å². The van der Waals surface area contributed by atoms with E-state index in [-0.39, 0.29) is 42.7 Å². The maximum atomic E-state index is 12.3. The molecule has 104 valence electrons. The van der Waals surface area contributed by atoms with Gasteiger partial charge in [-0.15, -0.1) is 0 Å². The summed E-state index contributed by atoms with van der Waals surface area (Å²) in [7, 11) is 0. The Morgan fingerprint density at radius 2 is 2.00 bits per heavy atom. The smallest absolute Gasteiger partial charge is 0.303 e. The van der Waals surface area contributed by atoms with E-state index in [2.05, 4.69) is 0 Å². The Bertz CT molecular complexity index is 432. The van der Waals surface area contributed by atoms with Crippen molar-refractivity contribution in [3.05, 3.63) is 0 Å². The summed E-state index contributed by atoms with van der Waals surface area (Å²) in [5.41, 5.74) is 0. The highest BCUT2D eigenvalue weighted by molar-refractivity contribution is 6.06. The number of hydrogen-bond acceptors (Lipinski definition) is 4. The quantitative estimate of drug-likeness (QED) is 0.729.